The minimum atomic E-state index is -0.123. The second kappa shape index (κ2) is 6.62. The molecule has 1 unspecified atom stereocenters. The van der Waals surface area contributed by atoms with Crippen LogP contribution >= 0.6 is 15.9 Å². The molecule has 3 N–H and O–H groups in total. The second-order valence-electron chi connectivity index (χ2n) is 4.42. The fraction of sp³-hybridized carbons (Fsp3) is 0.308. The van der Waals surface area contributed by atoms with Crippen molar-refractivity contribution >= 4 is 21.8 Å². The molecule has 0 aliphatic rings. The highest BCUT2D eigenvalue weighted by Gasteiger charge is 2.12. The number of rotatable bonds is 5. The van der Waals surface area contributed by atoms with E-state index in [0.29, 0.717) is 12.2 Å². The van der Waals surface area contributed by atoms with E-state index in [2.05, 4.69) is 31.6 Å². The van der Waals surface area contributed by atoms with E-state index in [4.69, 9.17) is 5.73 Å². The van der Waals surface area contributed by atoms with Crippen LogP contribution in [0.2, 0.25) is 0 Å². The zero-order valence-corrected chi connectivity index (χ0v) is 12.7. The van der Waals surface area contributed by atoms with Crippen LogP contribution in [0.4, 0.5) is 0 Å². The lowest BCUT2D eigenvalue weighted by atomic mass is 10.1. The topological polar surface area (TPSA) is 85.8 Å². The lowest BCUT2D eigenvalue weighted by molar-refractivity contribution is -0.122. The maximum atomic E-state index is 12.0. The molecule has 0 spiro atoms. The van der Waals surface area contributed by atoms with Gasteiger partial charge in [0.15, 0.2) is 0 Å². The Labute approximate surface area is 125 Å². The van der Waals surface area contributed by atoms with E-state index in [1.807, 2.05) is 31.2 Å². The number of carbonyl (C=O) groups excluding carboxylic acids is 1. The number of aromatic nitrogens is 3. The molecule has 0 saturated heterocycles. The zero-order chi connectivity index (χ0) is 14.5. The van der Waals surface area contributed by atoms with Gasteiger partial charge < -0.3 is 11.1 Å². The van der Waals surface area contributed by atoms with Gasteiger partial charge in [0.05, 0.1) is 17.9 Å². The highest BCUT2D eigenvalue weighted by atomic mass is 79.9. The number of benzene rings is 1. The third-order valence-electron chi connectivity index (χ3n) is 2.85. The molecular weight excluding hydrogens is 322 g/mol. The van der Waals surface area contributed by atoms with Gasteiger partial charge in [-0.2, -0.15) is 0 Å². The van der Waals surface area contributed by atoms with E-state index in [0.717, 1.165) is 10.0 Å². The molecule has 7 heteroatoms. The monoisotopic (exact) mass is 337 g/mol. The minimum absolute atomic E-state index is 0.0874. The predicted octanol–water partition coefficient (Wildman–Crippen LogP) is 1.38. The second-order valence-corrected chi connectivity index (χ2v) is 5.28. The molecule has 1 aromatic carbocycles. The van der Waals surface area contributed by atoms with E-state index < -0.39 is 0 Å². The van der Waals surface area contributed by atoms with Gasteiger partial charge in [-0.15, -0.1) is 5.10 Å². The minimum Gasteiger partial charge on any atom is -0.348 e. The number of nitrogens with zero attached hydrogens (tertiary/aromatic N) is 3. The first-order chi connectivity index (χ1) is 9.60. The van der Waals surface area contributed by atoms with Crippen LogP contribution in [0.15, 0.2) is 34.9 Å². The Balaban J connectivity index is 1.96. The van der Waals surface area contributed by atoms with E-state index in [1.54, 1.807) is 6.20 Å². The van der Waals surface area contributed by atoms with E-state index in [1.165, 1.54) is 4.68 Å². The van der Waals surface area contributed by atoms with Crippen LogP contribution < -0.4 is 11.1 Å². The lowest BCUT2D eigenvalue weighted by Crippen LogP contribution is -2.30. The van der Waals surface area contributed by atoms with Crippen molar-refractivity contribution in [2.75, 3.05) is 0 Å². The molecule has 0 fully saturated rings. The Morgan fingerprint density at radius 1 is 1.50 bits per heavy atom. The first kappa shape index (κ1) is 14.7. The molecule has 106 valence electrons. The van der Waals surface area contributed by atoms with Crippen molar-refractivity contribution in [3.63, 3.8) is 0 Å². The number of hydrogen-bond donors (Lipinski definition) is 2. The Bertz CT molecular complexity index is 598. The van der Waals surface area contributed by atoms with Gasteiger partial charge in [0.2, 0.25) is 5.91 Å². The van der Waals surface area contributed by atoms with Gasteiger partial charge in [-0.3, -0.25) is 4.79 Å². The van der Waals surface area contributed by atoms with Crippen molar-refractivity contribution in [3.05, 3.63) is 46.2 Å². The largest absolute Gasteiger partial charge is 0.348 e. The molecule has 20 heavy (non-hydrogen) atoms. The smallest absolute Gasteiger partial charge is 0.242 e. The SMILES string of the molecule is CC(NC(=O)Cn1cc(CN)nn1)c1ccccc1Br. The summed E-state index contributed by atoms with van der Waals surface area (Å²) in [5, 5.41) is 10.6. The Kier molecular flexibility index (Phi) is 4.86. The molecule has 1 amide bonds. The summed E-state index contributed by atoms with van der Waals surface area (Å²) in [6, 6.07) is 7.70. The van der Waals surface area contributed by atoms with Crippen molar-refractivity contribution in [3.8, 4) is 0 Å². The molecule has 0 aliphatic carbocycles. The van der Waals surface area contributed by atoms with Gasteiger partial charge in [0.1, 0.15) is 6.54 Å². The van der Waals surface area contributed by atoms with Crippen LogP contribution in [-0.2, 0) is 17.9 Å². The van der Waals surface area contributed by atoms with Gasteiger partial charge in [0.25, 0.3) is 0 Å². The average Bonchev–Trinajstić information content (AvgIpc) is 2.86. The summed E-state index contributed by atoms with van der Waals surface area (Å²) in [5.41, 5.74) is 7.14. The number of nitrogens with two attached hydrogens (primary N) is 1. The zero-order valence-electron chi connectivity index (χ0n) is 11.1. The molecule has 1 atom stereocenters. The van der Waals surface area contributed by atoms with Crippen LogP contribution in [0, 0.1) is 0 Å². The Morgan fingerprint density at radius 2 is 2.25 bits per heavy atom. The molecule has 0 radical (unpaired) electrons. The first-order valence-corrected chi connectivity index (χ1v) is 7.02. The molecule has 2 rings (SSSR count). The average molecular weight is 338 g/mol. The molecule has 1 heterocycles. The summed E-state index contributed by atoms with van der Waals surface area (Å²) < 4.78 is 2.45. The quantitative estimate of drug-likeness (QED) is 0.862. The third-order valence-corrected chi connectivity index (χ3v) is 3.57. The Hall–Kier alpha value is -1.73. The molecule has 0 saturated carbocycles. The molecule has 1 aromatic heterocycles. The summed E-state index contributed by atoms with van der Waals surface area (Å²) in [5.74, 6) is -0.123. The van der Waals surface area contributed by atoms with Crippen molar-refractivity contribution in [1.82, 2.24) is 20.3 Å². The van der Waals surface area contributed by atoms with Gasteiger partial charge in [0, 0.05) is 11.0 Å². The summed E-state index contributed by atoms with van der Waals surface area (Å²) in [7, 11) is 0. The standard InChI is InChI=1S/C13H16BrN5O/c1-9(11-4-2-3-5-12(11)14)16-13(20)8-19-7-10(6-15)17-18-19/h2-5,7,9H,6,8,15H2,1H3,(H,16,20). The molecule has 0 bridgehead atoms. The van der Waals surface area contributed by atoms with E-state index in [-0.39, 0.29) is 18.5 Å². The summed E-state index contributed by atoms with van der Waals surface area (Å²) in [4.78, 5) is 12.0. The van der Waals surface area contributed by atoms with Crippen LogP contribution in [-0.4, -0.2) is 20.9 Å². The van der Waals surface area contributed by atoms with E-state index >= 15 is 0 Å². The molecule has 6 nitrogen and oxygen atoms in total. The number of nitrogens with one attached hydrogen (secondary N) is 1. The predicted molar refractivity (Wildman–Crippen MR) is 78.6 cm³/mol. The fourth-order valence-electron chi connectivity index (χ4n) is 1.85. The van der Waals surface area contributed by atoms with Crippen molar-refractivity contribution in [2.45, 2.75) is 26.1 Å². The maximum absolute atomic E-state index is 12.0. The third kappa shape index (κ3) is 3.64. The van der Waals surface area contributed by atoms with Gasteiger partial charge in [-0.25, -0.2) is 4.68 Å². The maximum Gasteiger partial charge on any atom is 0.242 e. The van der Waals surface area contributed by atoms with Crippen molar-refractivity contribution < 1.29 is 4.79 Å². The summed E-state index contributed by atoms with van der Waals surface area (Å²) >= 11 is 3.47. The molecule has 0 aliphatic heterocycles. The van der Waals surface area contributed by atoms with Crippen LogP contribution in [0.5, 0.6) is 0 Å². The van der Waals surface area contributed by atoms with Crippen LogP contribution in [0.25, 0.3) is 0 Å². The van der Waals surface area contributed by atoms with Gasteiger partial charge in [-0.1, -0.05) is 39.3 Å². The Morgan fingerprint density at radius 3 is 2.90 bits per heavy atom. The van der Waals surface area contributed by atoms with Gasteiger partial charge >= 0.3 is 0 Å². The van der Waals surface area contributed by atoms with Gasteiger partial charge in [-0.05, 0) is 18.6 Å². The molecular formula is C13H16BrN5O. The number of amides is 1. The first-order valence-electron chi connectivity index (χ1n) is 6.23. The summed E-state index contributed by atoms with van der Waals surface area (Å²) in [6.45, 7) is 2.38. The number of carbonyl (C=O) groups is 1. The number of halogens is 1. The highest BCUT2D eigenvalue weighted by Crippen LogP contribution is 2.22. The fourth-order valence-corrected chi connectivity index (χ4v) is 2.48. The highest BCUT2D eigenvalue weighted by molar-refractivity contribution is 9.10. The molecule has 2 aromatic rings. The van der Waals surface area contributed by atoms with E-state index in [9.17, 15) is 4.79 Å². The van der Waals surface area contributed by atoms with Crippen molar-refractivity contribution in [2.24, 2.45) is 5.73 Å². The summed E-state index contributed by atoms with van der Waals surface area (Å²) in [6.07, 6.45) is 1.67. The lowest BCUT2D eigenvalue weighted by Gasteiger charge is -2.15. The van der Waals surface area contributed by atoms with Crippen LogP contribution in [0.1, 0.15) is 24.2 Å². The normalized spacial score (nSPS) is 12.2. The van der Waals surface area contributed by atoms with Crippen LogP contribution in [0.3, 0.4) is 0 Å². The van der Waals surface area contributed by atoms with Crippen molar-refractivity contribution in [1.29, 1.82) is 0 Å². The number of hydrogen-bond acceptors (Lipinski definition) is 4.